The lowest BCUT2D eigenvalue weighted by atomic mass is 9.99. The molecule has 0 amide bonds. The van der Waals surface area contributed by atoms with Crippen molar-refractivity contribution in [3.8, 4) is 0 Å². The highest BCUT2D eigenvalue weighted by atomic mass is 19.1. The molecule has 1 atom stereocenters. The number of hydrogen-bond acceptors (Lipinski definition) is 3. The van der Waals surface area contributed by atoms with Crippen LogP contribution in [0.4, 0.5) is 4.39 Å². The zero-order valence-corrected chi connectivity index (χ0v) is 10.5. The summed E-state index contributed by atoms with van der Waals surface area (Å²) in [6.07, 6.45) is 0.489. The van der Waals surface area contributed by atoms with Crippen LogP contribution in [0.5, 0.6) is 0 Å². The van der Waals surface area contributed by atoms with Gasteiger partial charge in [0.25, 0.3) is 0 Å². The van der Waals surface area contributed by atoms with E-state index in [0.29, 0.717) is 12.0 Å². The van der Waals surface area contributed by atoms with Gasteiger partial charge in [0.1, 0.15) is 17.3 Å². The second-order valence-corrected chi connectivity index (χ2v) is 4.38. The lowest BCUT2D eigenvalue weighted by Gasteiger charge is -2.15. The predicted molar refractivity (Wildman–Crippen MR) is 68.4 cm³/mol. The van der Waals surface area contributed by atoms with Crippen LogP contribution in [0.2, 0.25) is 0 Å². The van der Waals surface area contributed by atoms with E-state index in [1.165, 1.54) is 6.07 Å². The maximum Gasteiger partial charge on any atom is 0.126 e. The first kappa shape index (κ1) is 12.8. The third-order valence-corrected chi connectivity index (χ3v) is 3.04. The first-order valence-corrected chi connectivity index (χ1v) is 5.88. The largest absolute Gasteiger partial charge is 0.466 e. The van der Waals surface area contributed by atoms with E-state index in [1.54, 1.807) is 12.1 Å². The SMILES string of the molecule is Cc1cc(C(Cc2ccccc2F)NN)c(C)o1. The molecule has 2 aromatic rings. The monoisotopic (exact) mass is 248 g/mol. The molecule has 0 aliphatic carbocycles. The smallest absolute Gasteiger partial charge is 0.126 e. The summed E-state index contributed by atoms with van der Waals surface area (Å²) in [5, 5.41) is 0. The Hall–Kier alpha value is -1.65. The molecule has 0 spiro atoms. The molecule has 3 nitrogen and oxygen atoms in total. The zero-order chi connectivity index (χ0) is 13.1. The molecule has 0 fully saturated rings. The lowest BCUT2D eigenvalue weighted by Crippen LogP contribution is -2.30. The molecular weight excluding hydrogens is 231 g/mol. The van der Waals surface area contributed by atoms with Crippen molar-refractivity contribution in [3.05, 3.63) is 58.8 Å². The maximum absolute atomic E-state index is 13.6. The molecular formula is C14H17FN2O. The number of hydrogen-bond donors (Lipinski definition) is 2. The van der Waals surface area contributed by atoms with E-state index in [4.69, 9.17) is 10.3 Å². The normalized spacial score (nSPS) is 12.7. The fourth-order valence-electron chi connectivity index (χ4n) is 2.14. The van der Waals surface area contributed by atoms with E-state index >= 15 is 0 Å². The van der Waals surface area contributed by atoms with Gasteiger partial charge in [-0.3, -0.25) is 11.3 Å². The minimum Gasteiger partial charge on any atom is -0.466 e. The number of furan rings is 1. The summed E-state index contributed by atoms with van der Waals surface area (Å²) in [5.41, 5.74) is 4.33. The van der Waals surface area contributed by atoms with Crippen molar-refractivity contribution in [2.75, 3.05) is 0 Å². The number of rotatable bonds is 4. The van der Waals surface area contributed by atoms with Gasteiger partial charge in [-0.2, -0.15) is 0 Å². The van der Waals surface area contributed by atoms with Crippen molar-refractivity contribution in [1.82, 2.24) is 5.43 Å². The third kappa shape index (κ3) is 2.60. The van der Waals surface area contributed by atoms with Gasteiger partial charge >= 0.3 is 0 Å². The molecule has 4 heteroatoms. The van der Waals surface area contributed by atoms with Crippen molar-refractivity contribution in [2.45, 2.75) is 26.3 Å². The van der Waals surface area contributed by atoms with Gasteiger partial charge in [0.05, 0.1) is 6.04 Å². The molecule has 1 heterocycles. The molecule has 1 aromatic heterocycles. The predicted octanol–water partition coefficient (Wildman–Crippen LogP) is 2.78. The molecule has 0 aliphatic heterocycles. The lowest BCUT2D eigenvalue weighted by molar-refractivity contribution is 0.481. The van der Waals surface area contributed by atoms with Crippen LogP contribution < -0.4 is 11.3 Å². The summed E-state index contributed by atoms with van der Waals surface area (Å²) < 4.78 is 19.1. The van der Waals surface area contributed by atoms with E-state index in [1.807, 2.05) is 26.0 Å². The van der Waals surface area contributed by atoms with Crippen molar-refractivity contribution in [1.29, 1.82) is 0 Å². The summed E-state index contributed by atoms with van der Waals surface area (Å²) in [6, 6.07) is 8.49. The molecule has 0 radical (unpaired) electrons. The van der Waals surface area contributed by atoms with Gasteiger partial charge < -0.3 is 4.42 Å². The second kappa shape index (κ2) is 5.33. The highest BCUT2D eigenvalue weighted by molar-refractivity contribution is 5.27. The molecule has 0 saturated heterocycles. The van der Waals surface area contributed by atoms with E-state index in [0.717, 1.165) is 17.1 Å². The van der Waals surface area contributed by atoms with Gasteiger partial charge in [-0.25, -0.2) is 4.39 Å². The maximum atomic E-state index is 13.6. The van der Waals surface area contributed by atoms with Gasteiger partial charge in [0, 0.05) is 5.56 Å². The molecule has 1 aromatic carbocycles. The minimum absolute atomic E-state index is 0.153. The standard InChI is InChI=1S/C14H17FN2O/c1-9-7-12(10(2)18-9)14(17-16)8-11-5-3-4-6-13(11)15/h3-7,14,17H,8,16H2,1-2H3. The second-order valence-electron chi connectivity index (χ2n) is 4.38. The topological polar surface area (TPSA) is 51.2 Å². The van der Waals surface area contributed by atoms with Crippen molar-refractivity contribution < 1.29 is 8.81 Å². The highest BCUT2D eigenvalue weighted by Gasteiger charge is 2.17. The van der Waals surface area contributed by atoms with Crippen molar-refractivity contribution >= 4 is 0 Å². The Balaban J connectivity index is 2.25. The molecule has 2 rings (SSSR count). The number of halogens is 1. The average molecular weight is 248 g/mol. The highest BCUT2D eigenvalue weighted by Crippen LogP contribution is 2.25. The van der Waals surface area contributed by atoms with Crippen LogP contribution in [-0.4, -0.2) is 0 Å². The van der Waals surface area contributed by atoms with Crippen molar-refractivity contribution in [3.63, 3.8) is 0 Å². The molecule has 1 unspecified atom stereocenters. The van der Waals surface area contributed by atoms with Crippen LogP contribution in [-0.2, 0) is 6.42 Å². The number of nitrogens with one attached hydrogen (secondary N) is 1. The molecule has 96 valence electrons. The Kier molecular flexibility index (Phi) is 3.79. The Morgan fingerprint density at radius 3 is 2.61 bits per heavy atom. The molecule has 0 saturated carbocycles. The van der Waals surface area contributed by atoms with Crippen LogP contribution in [0, 0.1) is 19.7 Å². The first-order valence-electron chi connectivity index (χ1n) is 5.88. The Bertz CT molecular complexity index is 536. The van der Waals surface area contributed by atoms with Gasteiger partial charge in [0.2, 0.25) is 0 Å². The fourth-order valence-corrected chi connectivity index (χ4v) is 2.14. The number of aryl methyl sites for hydroxylation is 2. The summed E-state index contributed by atoms with van der Waals surface area (Å²) >= 11 is 0. The number of benzene rings is 1. The fraction of sp³-hybridized carbons (Fsp3) is 0.286. The van der Waals surface area contributed by atoms with Gasteiger partial charge in [0.15, 0.2) is 0 Å². The van der Waals surface area contributed by atoms with Crippen LogP contribution in [0.25, 0.3) is 0 Å². The molecule has 0 aliphatic rings. The summed E-state index contributed by atoms with van der Waals surface area (Å²) in [4.78, 5) is 0. The summed E-state index contributed by atoms with van der Waals surface area (Å²) in [6.45, 7) is 3.77. The van der Waals surface area contributed by atoms with Crippen LogP contribution >= 0.6 is 0 Å². The Morgan fingerprint density at radius 2 is 2.06 bits per heavy atom. The van der Waals surface area contributed by atoms with E-state index in [9.17, 15) is 4.39 Å². The Morgan fingerprint density at radius 1 is 1.33 bits per heavy atom. The number of hydrazine groups is 1. The van der Waals surface area contributed by atoms with E-state index < -0.39 is 0 Å². The summed E-state index contributed by atoms with van der Waals surface area (Å²) in [7, 11) is 0. The van der Waals surface area contributed by atoms with Gasteiger partial charge in [-0.05, 0) is 38.0 Å². The van der Waals surface area contributed by atoms with E-state index in [-0.39, 0.29) is 11.9 Å². The van der Waals surface area contributed by atoms with Crippen LogP contribution in [0.15, 0.2) is 34.7 Å². The molecule has 18 heavy (non-hydrogen) atoms. The number of nitrogens with two attached hydrogens (primary N) is 1. The van der Waals surface area contributed by atoms with Gasteiger partial charge in [-0.1, -0.05) is 18.2 Å². The van der Waals surface area contributed by atoms with Crippen LogP contribution in [0.1, 0.15) is 28.7 Å². The van der Waals surface area contributed by atoms with Gasteiger partial charge in [-0.15, -0.1) is 0 Å². The molecule has 0 bridgehead atoms. The first-order chi connectivity index (χ1) is 8.61. The average Bonchev–Trinajstić information content (AvgIpc) is 2.67. The van der Waals surface area contributed by atoms with E-state index in [2.05, 4.69) is 5.43 Å². The Labute approximate surface area is 106 Å². The third-order valence-electron chi connectivity index (χ3n) is 3.04. The van der Waals surface area contributed by atoms with Crippen LogP contribution in [0.3, 0.4) is 0 Å². The summed E-state index contributed by atoms with van der Waals surface area (Å²) in [5.74, 6) is 7.00. The minimum atomic E-state index is -0.212. The van der Waals surface area contributed by atoms with Crippen molar-refractivity contribution in [2.24, 2.45) is 5.84 Å². The molecule has 3 N–H and O–H groups in total. The zero-order valence-electron chi connectivity index (χ0n) is 10.5. The quantitative estimate of drug-likeness (QED) is 0.646.